The fourth-order valence-electron chi connectivity index (χ4n) is 2.26. The van der Waals surface area contributed by atoms with E-state index < -0.39 is 14.4 Å². The molecule has 0 heterocycles. The topological polar surface area (TPSA) is 38.7 Å². The monoisotopic (exact) mass is 370 g/mol. The summed E-state index contributed by atoms with van der Waals surface area (Å²) < 4.78 is 11.9. The first kappa shape index (κ1) is 20.3. The van der Waals surface area contributed by atoms with Crippen molar-refractivity contribution in [2.45, 2.75) is 45.0 Å². The predicted molar refractivity (Wildman–Crippen MR) is 111 cm³/mol. The smallest absolute Gasteiger partial charge is 0.250 e. The van der Waals surface area contributed by atoms with Crippen LogP contribution in [-0.4, -0.2) is 20.5 Å². The first-order chi connectivity index (χ1) is 12.1. The van der Waals surface area contributed by atoms with Gasteiger partial charge in [-0.3, -0.25) is 0 Å². The van der Waals surface area contributed by atoms with Gasteiger partial charge in [0.15, 0.2) is 5.75 Å². The average Bonchev–Trinajstić information content (AvgIpc) is 2.60. The maximum atomic E-state index is 10.3. The lowest BCUT2D eigenvalue weighted by atomic mass is 10.1. The molecule has 4 heteroatoms. The van der Waals surface area contributed by atoms with Crippen LogP contribution in [0, 0.1) is 0 Å². The summed E-state index contributed by atoms with van der Waals surface area (Å²) in [6.45, 7) is 11.1. The molecule has 0 fully saturated rings. The second-order valence-electron chi connectivity index (χ2n) is 7.99. The van der Waals surface area contributed by atoms with Crippen molar-refractivity contribution < 1.29 is 14.3 Å². The van der Waals surface area contributed by atoms with Crippen LogP contribution in [0.3, 0.4) is 0 Å². The van der Waals surface area contributed by atoms with Gasteiger partial charge in [-0.2, -0.15) is 0 Å². The first-order valence-electron chi connectivity index (χ1n) is 8.92. The standard InChI is InChI=1S/C22H30O3Si/c1-22(2,3)26(5,6)25-20-15-13-17(16-21(20)24-4)12-14-19(23)18-10-8-7-9-11-18/h7-16,19,23H,1-6H3/b14-12+. The summed E-state index contributed by atoms with van der Waals surface area (Å²) in [5, 5.41) is 10.4. The molecular formula is C22H30O3Si. The quantitative estimate of drug-likeness (QED) is 0.651. The number of hydrogen-bond donors (Lipinski definition) is 1. The molecule has 3 nitrogen and oxygen atoms in total. The third-order valence-electron chi connectivity index (χ3n) is 4.97. The Labute approximate surface area is 158 Å². The minimum atomic E-state index is -1.93. The maximum Gasteiger partial charge on any atom is 0.250 e. The Morgan fingerprint density at radius 3 is 2.23 bits per heavy atom. The van der Waals surface area contributed by atoms with Gasteiger partial charge in [0.1, 0.15) is 5.75 Å². The van der Waals surface area contributed by atoms with Crippen LogP contribution in [0.4, 0.5) is 0 Å². The Morgan fingerprint density at radius 2 is 1.65 bits per heavy atom. The second kappa shape index (κ2) is 8.10. The van der Waals surface area contributed by atoms with Crippen molar-refractivity contribution in [1.29, 1.82) is 0 Å². The van der Waals surface area contributed by atoms with Crippen LogP contribution in [-0.2, 0) is 0 Å². The molecule has 1 unspecified atom stereocenters. The third-order valence-corrected chi connectivity index (χ3v) is 9.31. The molecule has 0 radical (unpaired) electrons. The second-order valence-corrected chi connectivity index (χ2v) is 12.7. The van der Waals surface area contributed by atoms with Gasteiger partial charge in [-0.05, 0) is 41.4 Å². The molecule has 0 aliphatic carbocycles. The Hall–Kier alpha value is -2.04. The third kappa shape index (κ3) is 4.99. The molecule has 0 aliphatic rings. The highest BCUT2D eigenvalue weighted by Crippen LogP contribution is 2.40. The SMILES string of the molecule is COc1cc(/C=C/C(O)c2ccccc2)ccc1O[Si](C)(C)C(C)(C)C. The summed E-state index contributed by atoms with van der Waals surface area (Å²) in [5.74, 6) is 1.49. The van der Waals surface area contributed by atoms with E-state index in [1.807, 2.05) is 54.6 Å². The summed E-state index contributed by atoms with van der Waals surface area (Å²) in [7, 11) is -0.276. The molecule has 0 bridgehead atoms. The van der Waals surface area contributed by atoms with Gasteiger partial charge in [0.2, 0.25) is 0 Å². The van der Waals surface area contributed by atoms with E-state index in [0.29, 0.717) is 5.75 Å². The van der Waals surface area contributed by atoms with Gasteiger partial charge in [0.25, 0.3) is 8.32 Å². The van der Waals surface area contributed by atoms with E-state index in [9.17, 15) is 5.11 Å². The van der Waals surface area contributed by atoms with E-state index in [-0.39, 0.29) is 5.04 Å². The van der Waals surface area contributed by atoms with Crippen molar-refractivity contribution in [3.05, 3.63) is 65.7 Å². The summed E-state index contributed by atoms with van der Waals surface area (Å²) in [6.07, 6.45) is 3.04. The van der Waals surface area contributed by atoms with E-state index >= 15 is 0 Å². The Kier molecular flexibility index (Phi) is 6.32. The lowest BCUT2D eigenvalue weighted by molar-refractivity contribution is 0.229. The van der Waals surface area contributed by atoms with Crippen LogP contribution in [0.25, 0.3) is 6.08 Å². The number of hydrogen-bond acceptors (Lipinski definition) is 3. The van der Waals surface area contributed by atoms with E-state index in [4.69, 9.17) is 9.16 Å². The van der Waals surface area contributed by atoms with E-state index in [0.717, 1.165) is 16.9 Å². The summed E-state index contributed by atoms with van der Waals surface area (Å²) in [4.78, 5) is 0. The van der Waals surface area contributed by atoms with Crippen LogP contribution >= 0.6 is 0 Å². The molecule has 0 aromatic heterocycles. The molecule has 1 N–H and O–H groups in total. The molecule has 2 rings (SSSR count). The average molecular weight is 371 g/mol. The van der Waals surface area contributed by atoms with Gasteiger partial charge in [0.05, 0.1) is 13.2 Å². The van der Waals surface area contributed by atoms with Gasteiger partial charge >= 0.3 is 0 Å². The fourth-order valence-corrected chi connectivity index (χ4v) is 3.29. The van der Waals surface area contributed by atoms with Gasteiger partial charge in [-0.25, -0.2) is 0 Å². The molecule has 0 spiro atoms. The lowest BCUT2D eigenvalue weighted by Crippen LogP contribution is -2.43. The summed E-state index contributed by atoms with van der Waals surface area (Å²) in [6, 6.07) is 15.5. The van der Waals surface area contributed by atoms with Gasteiger partial charge in [0, 0.05) is 0 Å². The molecule has 1 atom stereocenters. The highest BCUT2D eigenvalue weighted by Gasteiger charge is 2.39. The normalized spacial score (nSPS) is 13.7. The van der Waals surface area contributed by atoms with Crippen LogP contribution in [0.2, 0.25) is 18.1 Å². The van der Waals surface area contributed by atoms with Gasteiger partial charge < -0.3 is 14.3 Å². The zero-order chi connectivity index (χ0) is 19.4. The van der Waals surface area contributed by atoms with Crippen molar-refractivity contribution in [2.75, 3.05) is 7.11 Å². The molecule has 26 heavy (non-hydrogen) atoms. The number of methoxy groups -OCH3 is 1. The molecule has 2 aromatic carbocycles. The molecule has 2 aromatic rings. The van der Waals surface area contributed by atoms with Crippen LogP contribution in [0.1, 0.15) is 38.0 Å². The zero-order valence-electron chi connectivity index (χ0n) is 16.6. The summed E-state index contributed by atoms with van der Waals surface area (Å²) >= 11 is 0. The Balaban J connectivity index is 2.19. The summed E-state index contributed by atoms with van der Waals surface area (Å²) in [5.41, 5.74) is 1.83. The molecule has 0 aliphatic heterocycles. The lowest BCUT2D eigenvalue weighted by Gasteiger charge is -2.36. The Bertz CT molecular complexity index is 746. The number of rotatable bonds is 6. The number of aliphatic hydroxyl groups excluding tert-OH is 1. The first-order valence-corrected chi connectivity index (χ1v) is 11.8. The predicted octanol–water partition coefficient (Wildman–Crippen LogP) is 5.83. The molecule has 0 amide bonds. The van der Waals surface area contributed by atoms with Gasteiger partial charge in [-0.15, -0.1) is 0 Å². The highest BCUT2D eigenvalue weighted by molar-refractivity contribution is 6.74. The minimum Gasteiger partial charge on any atom is -0.541 e. The van der Waals surface area contributed by atoms with Crippen LogP contribution in [0.15, 0.2) is 54.6 Å². The zero-order valence-corrected chi connectivity index (χ0v) is 17.6. The number of benzene rings is 2. The molecular weight excluding hydrogens is 340 g/mol. The van der Waals surface area contributed by atoms with E-state index in [2.05, 4.69) is 33.9 Å². The number of aliphatic hydroxyl groups is 1. The van der Waals surface area contributed by atoms with Crippen molar-refractivity contribution in [3.63, 3.8) is 0 Å². The van der Waals surface area contributed by atoms with Crippen molar-refractivity contribution >= 4 is 14.4 Å². The van der Waals surface area contributed by atoms with E-state index in [1.54, 1.807) is 13.2 Å². The Morgan fingerprint density at radius 1 is 1.00 bits per heavy atom. The largest absolute Gasteiger partial charge is 0.541 e. The van der Waals surface area contributed by atoms with Gasteiger partial charge in [-0.1, -0.05) is 69.3 Å². The van der Waals surface area contributed by atoms with Crippen molar-refractivity contribution in [2.24, 2.45) is 0 Å². The van der Waals surface area contributed by atoms with E-state index in [1.165, 1.54) is 0 Å². The molecule has 140 valence electrons. The van der Waals surface area contributed by atoms with Crippen LogP contribution < -0.4 is 9.16 Å². The molecule has 0 saturated heterocycles. The highest BCUT2D eigenvalue weighted by atomic mass is 28.4. The van der Waals surface area contributed by atoms with Crippen molar-refractivity contribution in [1.82, 2.24) is 0 Å². The molecule has 0 saturated carbocycles. The number of ether oxygens (including phenoxy) is 1. The van der Waals surface area contributed by atoms with Crippen LogP contribution in [0.5, 0.6) is 11.5 Å². The van der Waals surface area contributed by atoms with Crippen molar-refractivity contribution in [3.8, 4) is 11.5 Å². The minimum absolute atomic E-state index is 0.121. The maximum absolute atomic E-state index is 10.3. The fraction of sp³-hybridized carbons (Fsp3) is 0.364.